The van der Waals surface area contributed by atoms with Crippen molar-refractivity contribution in [3.63, 3.8) is 0 Å². The maximum Gasteiger partial charge on any atom is 0.128 e. The Bertz CT molecular complexity index is 619. The second-order valence-corrected chi connectivity index (χ2v) is 5.38. The summed E-state index contributed by atoms with van der Waals surface area (Å²) in [5, 5.41) is 0. The summed E-state index contributed by atoms with van der Waals surface area (Å²) in [5.41, 5.74) is 11.5. The molecule has 1 unspecified atom stereocenters. The summed E-state index contributed by atoms with van der Waals surface area (Å²) >= 11 is 0. The second-order valence-electron chi connectivity index (χ2n) is 5.38. The quantitative estimate of drug-likeness (QED) is 0.870. The molecule has 0 aliphatic heterocycles. The molecular weight excluding hydrogens is 237 g/mol. The Morgan fingerprint density at radius 2 is 1.84 bits per heavy atom. The van der Waals surface area contributed by atoms with Gasteiger partial charge in [0.25, 0.3) is 0 Å². The number of halogens is 1. The van der Waals surface area contributed by atoms with Crippen molar-refractivity contribution in [2.24, 2.45) is 5.73 Å². The molecule has 2 heteroatoms. The lowest BCUT2D eigenvalue weighted by Gasteiger charge is -2.15. The van der Waals surface area contributed by atoms with E-state index >= 15 is 0 Å². The van der Waals surface area contributed by atoms with Crippen LogP contribution in [-0.2, 0) is 12.8 Å². The Labute approximate surface area is 113 Å². The number of aryl methyl sites for hydroxylation is 3. The molecule has 0 radical (unpaired) electrons. The van der Waals surface area contributed by atoms with E-state index in [1.807, 2.05) is 19.1 Å². The van der Waals surface area contributed by atoms with Crippen LogP contribution >= 0.6 is 0 Å². The summed E-state index contributed by atoms with van der Waals surface area (Å²) in [6, 6.07) is 11.2. The van der Waals surface area contributed by atoms with E-state index in [-0.39, 0.29) is 11.9 Å². The van der Waals surface area contributed by atoms with Gasteiger partial charge in [0.2, 0.25) is 0 Å². The minimum absolute atomic E-state index is 0.215. The highest BCUT2D eigenvalue weighted by Crippen LogP contribution is 2.28. The van der Waals surface area contributed by atoms with Gasteiger partial charge in [0, 0.05) is 5.56 Å². The van der Waals surface area contributed by atoms with Gasteiger partial charge in [-0.2, -0.15) is 0 Å². The van der Waals surface area contributed by atoms with Crippen LogP contribution in [0.1, 0.15) is 40.3 Å². The first kappa shape index (κ1) is 12.4. The second kappa shape index (κ2) is 4.78. The van der Waals surface area contributed by atoms with E-state index in [9.17, 15) is 4.39 Å². The van der Waals surface area contributed by atoms with Crippen molar-refractivity contribution in [2.45, 2.75) is 32.2 Å². The van der Waals surface area contributed by atoms with E-state index in [1.54, 1.807) is 12.1 Å². The van der Waals surface area contributed by atoms with E-state index in [1.165, 1.54) is 17.5 Å². The highest BCUT2D eigenvalue weighted by molar-refractivity contribution is 5.40. The molecule has 0 fully saturated rings. The van der Waals surface area contributed by atoms with Gasteiger partial charge in [-0.3, -0.25) is 0 Å². The Hall–Kier alpha value is -1.67. The van der Waals surface area contributed by atoms with Crippen LogP contribution in [0.4, 0.5) is 4.39 Å². The maximum atomic E-state index is 14.0. The molecule has 1 aliphatic carbocycles. The van der Waals surface area contributed by atoms with Crippen LogP contribution in [0.5, 0.6) is 0 Å². The lowest BCUT2D eigenvalue weighted by atomic mass is 9.95. The van der Waals surface area contributed by atoms with E-state index in [4.69, 9.17) is 5.73 Å². The molecular formula is C17H18FN. The van der Waals surface area contributed by atoms with Gasteiger partial charge >= 0.3 is 0 Å². The van der Waals surface area contributed by atoms with Gasteiger partial charge in [0.15, 0.2) is 0 Å². The summed E-state index contributed by atoms with van der Waals surface area (Å²) in [4.78, 5) is 0. The molecule has 98 valence electrons. The molecule has 1 atom stereocenters. The Kier molecular flexibility index (Phi) is 3.11. The third-order valence-electron chi connectivity index (χ3n) is 3.97. The number of nitrogens with two attached hydrogens (primary N) is 1. The van der Waals surface area contributed by atoms with Crippen LogP contribution in [-0.4, -0.2) is 0 Å². The van der Waals surface area contributed by atoms with Crippen molar-refractivity contribution in [1.82, 2.24) is 0 Å². The standard InChI is InChI=1S/C17H18FN/c1-11-5-8-15(16(18)9-11)17(19)14-7-6-12-3-2-4-13(12)10-14/h5-10,17H,2-4,19H2,1H3. The molecule has 2 aromatic rings. The zero-order valence-corrected chi connectivity index (χ0v) is 11.1. The first-order valence-corrected chi connectivity index (χ1v) is 6.78. The summed E-state index contributed by atoms with van der Waals surface area (Å²) in [5.74, 6) is -0.215. The van der Waals surface area contributed by atoms with Crippen molar-refractivity contribution in [2.75, 3.05) is 0 Å². The molecule has 2 N–H and O–H groups in total. The number of hydrogen-bond acceptors (Lipinski definition) is 1. The number of fused-ring (bicyclic) bond motifs is 1. The van der Waals surface area contributed by atoms with Gasteiger partial charge in [0.05, 0.1) is 6.04 Å². The molecule has 0 spiro atoms. The lowest BCUT2D eigenvalue weighted by molar-refractivity contribution is 0.598. The molecule has 0 heterocycles. The largest absolute Gasteiger partial charge is 0.320 e. The average Bonchev–Trinajstić information content (AvgIpc) is 2.85. The van der Waals surface area contributed by atoms with Crippen LogP contribution in [0.2, 0.25) is 0 Å². The fourth-order valence-corrected chi connectivity index (χ4v) is 2.85. The Morgan fingerprint density at radius 3 is 2.63 bits per heavy atom. The van der Waals surface area contributed by atoms with Crippen LogP contribution < -0.4 is 5.73 Å². The van der Waals surface area contributed by atoms with Gasteiger partial charge in [0.1, 0.15) is 5.82 Å². The number of benzene rings is 2. The summed E-state index contributed by atoms with van der Waals surface area (Å²) in [6.45, 7) is 1.88. The van der Waals surface area contributed by atoms with E-state index in [2.05, 4.69) is 12.1 Å². The number of rotatable bonds is 2. The maximum absolute atomic E-state index is 14.0. The average molecular weight is 255 g/mol. The van der Waals surface area contributed by atoms with Crippen molar-refractivity contribution >= 4 is 0 Å². The Balaban J connectivity index is 1.97. The fraction of sp³-hybridized carbons (Fsp3) is 0.294. The minimum atomic E-state index is -0.383. The van der Waals surface area contributed by atoms with E-state index in [0.29, 0.717) is 5.56 Å². The molecule has 3 rings (SSSR count). The highest BCUT2D eigenvalue weighted by Gasteiger charge is 2.17. The van der Waals surface area contributed by atoms with Crippen molar-refractivity contribution in [3.05, 3.63) is 70.0 Å². The fourth-order valence-electron chi connectivity index (χ4n) is 2.85. The zero-order chi connectivity index (χ0) is 13.4. The predicted molar refractivity (Wildman–Crippen MR) is 75.6 cm³/mol. The number of hydrogen-bond donors (Lipinski definition) is 1. The first-order chi connectivity index (χ1) is 9.15. The minimum Gasteiger partial charge on any atom is -0.320 e. The smallest absolute Gasteiger partial charge is 0.128 e. The van der Waals surface area contributed by atoms with Gasteiger partial charge < -0.3 is 5.73 Å². The monoisotopic (exact) mass is 255 g/mol. The van der Waals surface area contributed by atoms with Gasteiger partial charge in [-0.15, -0.1) is 0 Å². The van der Waals surface area contributed by atoms with Crippen LogP contribution in [0.25, 0.3) is 0 Å². The van der Waals surface area contributed by atoms with E-state index < -0.39 is 0 Å². The summed E-state index contributed by atoms with van der Waals surface area (Å²) in [6.07, 6.45) is 3.49. The molecule has 1 nitrogen and oxygen atoms in total. The summed E-state index contributed by atoms with van der Waals surface area (Å²) in [7, 11) is 0. The normalized spacial score (nSPS) is 15.3. The van der Waals surface area contributed by atoms with Gasteiger partial charge in [-0.05, 0) is 54.5 Å². The molecule has 19 heavy (non-hydrogen) atoms. The van der Waals surface area contributed by atoms with Crippen LogP contribution in [0.3, 0.4) is 0 Å². The van der Waals surface area contributed by atoms with E-state index in [0.717, 1.165) is 24.0 Å². The third-order valence-corrected chi connectivity index (χ3v) is 3.97. The molecule has 0 saturated heterocycles. The van der Waals surface area contributed by atoms with Crippen molar-refractivity contribution in [3.8, 4) is 0 Å². The molecule has 0 saturated carbocycles. The SMILES string of the molecule is Cc1ccc(C(N)c2ccc3c(c2)CCC3)c(F)c1. The third kappa shape index (κ3) is 2.28. The van der Waals surface area contributed by atoms with Crippen LogP contribution in [0, 0.1) is 12.7 Å². The zero-order valence-electron chi connectivity index (χ0n) is 11.1. The lowest BCUT2D eigenvalue weighted by Crippen LogP contribution is -2.14. The molecule has 0 aromatic heterocycles. The molecule has 1 aliphatic rings. The van der Waals surface area contributed by atoms with Crippen LogP contribution in [0.15, 0.2) is 36.4 Å². The van der Waals surface area contributed by atoms with Crippen molar-refractivity contribution < 1.29 is 4.39 Å². The highest BCUT2D eigenvalue weighted by atomic mass is 19.1. The van der Waals surface area contributed by atoms with Crippen molar-refractivity contribution in [1.29, 1.82) is 0 Å². The first-order valence-electron chi connectivity index (χ1n) is 6.78. The van der Waals surface area contributed by atoms with Gasteiger partial charge in [-0.1, -0.05) is 30.3 Å². The molecule has 2 aromatic carbocycles. The molecule has 0 bridgehead atoms. The summed E-state index contributed by atoms with van der Waals surface area (Å²) < 4.78 is 14.0. The Morgan fingerprint density at radius 1 is 1.05 bits per heavy atom. The topological polar surface area (TPSA) is 26.0 Å². The predicted octanol–water partition coefficient (Wildman–Crippen LogP) is 3.67. The van der Waals surface area contributed by atoms with Gasteiger partial charge in [-0.25, -0.2) is 4.39 Å². The molecule has 0 amide bonds.